The molecule has 92 valence electrons. The molecule has 4 rings (SSSR count). The highest BCUT2D eigenvalue weighted by Gasteiger charge is 2.67. The van der Waals surface area contributed by atoms with Crippen molar-refractivity contribution in [2.75, 3.05) is 0 Å². The number of hydrogen-bond acceptors (Lipinski definition) is 3. The lowest BCUT2D eigenvalue weighted by molar-refractivity contribution is 0.352. The molecule has 0 spiro atoms. The normalized spacial score (nSPS) is 43.8. The molecule has 5 unspecified atom stereocenters. The van der Waals surface area contributed by atoms with E-state index in [1.807, 2.05) is 6.92 Å². The highest BCUT2D eigenvalue weighted by atomic mass is 35.5. The summed E-state index contributed by atoms with van der Waals surface area (Å²) in [6, 6.07) is 0. The Kier molecular flexibility index (Phi) is 2.11. The average Bonchev–Trinajstić information content (AvgIpc) is 2.81. The summed E-state index contributed by atoms with van der Waals surface area (Å²) in [5.41, 5.74) is 0. The van der Waals surface area contributed by atoms with E-state index in [0.717, 1.165) is 36.0 Å². The van der Waals surface area contributed by atoms with E-state index < -0.39 is 0 Å². The minimum absolute atomic E-state index is 0.0946. The van der Waals surface area contributed by atoms with Crippen molar-refractivity contribution in [1.29, 1.82) is 0 Å². The Morgan fingerprint density at radius 2 is 2.06 bits per heavy atom. The van der Waals surface area contributed by atoms with Gasteiger partial charge in [0.2, 0.25) is 5.89 Å². The van der Waals surface area contributed by atoms with Crippen LogP contribution in [0.2, 0.25) is 0 Å². The molecule has 17 heavy (non-hydrogen) atoms. The third-order valence-corrected chi connectivity index (χ3v) is 5.62. The lowest BCUT2D eigenvalue weighted by atomic mass is 10.0. The van der Waals surface area contributed by atoms with Gasteiger partial charge in [0.1, 0.15) is 0 Å². The monoisotopic (exact) mass is 252 g/mol. The molecular weight excluding hydrogens is 236 g/mol. The van der Waals surface area contributed by atoms with Gasteiger partial charge in [0, 0.05) is 5.92 Å². The molecule has 5 atom stereocenters. The lowest BCUT2D eigenvalue weighted by Crippen LogP contribution is -1.98. The van der Waals surface area contributed by atoms with Crippen LogP contribution in [0.5, 0.6) is 0 Å². The van der Waals surface area contributed by atoms with Gasteiger partial charge in [-0.15, -0.1) is 11.6 Å². The Bertz CT molecular complexity index is 430. The van der Waals surface area contributed by atoms with Gasteiger partial charge in [-0.25, -0.2) is 0 Å². The Morgan fingerprint density at radius 1 is 1.35 bits per heavy atom. The van der Waals surface area contributed by atoms with Gasteiger partial charge in [0.15, 0.2) is 5.82 Å². The van der Waals surface area contributed by atoms with Crippen molar-refractivity contribution in [3.8, 4) is 0 Å². The van der Waals surface area contributed by atoms with Crippen LogP contribution in [0.4, 0.5) is 0 Å². The molecule has 1 aromatic rings. The minimum atomic E-state index is -0.0946. The number of halogens is 1. The SMILES string of the molecule is CCC(Cl)c1noc(C2C3C4CCC(C4)C23)n1. The molecule has 2 bridgehead atoms. The fourth-order valence-electron chi connectivity index (χ4n) is 4.35. The van der Waals surface area contributed by atoms with Crippen LogP contribution in [0.3, 0.4) is 0 Å². The molecule has 1 aromatic heterocycles. The summed E-state index contributed by atoms with van der Waals surface area (Å²) in [5.74, 6) is 5.73. The zero-order valence-corrected chi connectivity index (χ0v) is 10.7. The second kappa shape index (κ2) is 3.47. The summed E-state index contributed by atoms with van der Waals surface area (Å²) in [7, 11) is 0. The summed E-state index contributed by atoms with van der Waals surface area (Å²) in [6.45, 7) is 2.04. The lowest BCUT2D eigenvalue weighted by Gasteiger charge is -2.04. The fourth-order valence-corrected chi connectivity index (χ4v) is 4.44. The van der Waals surface area contributed by atoms with E-state index in [1.165, 1.54) is 19.3 Å². The average molecular weight is 253 g/mol. The van der Waals surface area contributed by atoms with Crippen LogP contribution in [0.15, 0.2) is 4.52 Å². The Labute approximate surface area is 106 Å². The highest BCUT2D eigenvalue weighted by molar-refractivity contribution is 6.20. The molecule has 3 aliphatic rings. The van der Waals surface area contributed by atoms with Crippen LogP contribution in [0.25, 0.3) is 0 Å². The maximum absolute atomic E-state index is 6.13. The molecule has 3 fully saturated rings. The second-order valence-electron chi connectivity index (χ2n) is 5.88. The number of alkyl halides is 1. The first-order chi connectivity index (χ1) is 8.29. The molecule has 0 N–H and O–H groups in total. The van der Waals surface area contributed by atoms with Gasteiger partial charge in [-0.1, -0.05) is 12.1 Å². The first-order valence-electron chi connectivity index (χ1n) is 6.77. The molecule has 0 radical (unpaired) electrons. The Balaban J connectivity index is 1.56. The highest BCUT2D eigenvalue weighted by Crippen LogP contribution is 2.72. The predicted molar refractivity (Wildman–Crippen MR) is 63.7 cm³/mol. The zero-order valence-electron chi connectivity index (χ0n) is 9.97. The van der Waals surface area contributed by atoms with E-state index in [0.29, 0.717) is 11.7 Å². The van der Waals surface area contributed by atoms with Gasteiger partial charge in [-0.2, -0.15) is 4.98 Å². The number of aromatic nitrogens is 2. The smallest absolute Gasteiger partial charge is 0.230 e. The molecule has 3 saturated carbocycles. The number of rotatable bonds is 3. The van der Waals surface area contributed by atoms with Crippen LogP contribution in [0.1, 0.15) is 55.6 Å². The van der Waals surface area contributed by atoms with Gasteiger partial charge in [0.05, 0.1) is 5.38 Å². The third kappa shape index (κ3) is 1.35. The molecule has 0 aromatic carbocycles. The number of nitrogens with zero attached hydrogens (tertiary/aromatic N) is 2. The molecule has 0 aliphatic heterocycles. The molecule has 1 heterocycles. The summed E-state index contributed by atoms with van der Waals surface area (Å²) < 4.78 is 5.43. The van der Waals surface area contributed by atoms with Gasteiger partial charge in [0.25, 0.3) is 0 Å². The summed E-state index contributed by atoms with van der Waals surface area (Å²) in [4.78, 5) is 4.51. The zero-order chi connectivity index (χ0) is 11.6. The minimum Gasteiger partial charge on any atom is -0.339 e. The maximum atomic E-state index is 6.13. The Hall–Kier alpha value is -0.570. The molecule has 4 heteroatoms. The first-order valence-corrected chi connectivity index (χ1v) is 7.20. The van der Waals surface area contributed by atoms with E-state index in [1.54, 1.807) is 0 Å². The molecule has 0 amide bonds. The van der Waals surface area contributed by atoms with Crippen molar-refractivity contribution in [3.05, 3.63) is 11.7 Å². The van der Waals surface area contributed by atoms with Gasteiger partial charge in [-0.3, -0.25) is 0 Å². The van der Waals surface area contributed by atoms with Crippen molar-refractivity contribution in [3.63, 3.8) is 0 Å². The maximum Gasteiger partial charge on any atom is 0.230 e. The van der Waals surface area contributed by atoms with E-state index in [2.05, 4.69) is 10.1 Å². The Morgan fingerprint density at radius 3 is 2.71 bits per heavy atom. The van der Waals surface area contributed by atoms with Crippen molar-refractivity contribution in [1.82, 2.24) is 10.1 Å². The summed E-state index contributed by atoms with van der Waals surface area (Å²) in [6.07, 6.45) is 5.16. The summed E-state index contributed by atoms with van der Waals surface area (Å²) in [5, 5.41) is 3.93. The largest absolute Gasteiger partial charge is 0.339 e. The van der Waals surface area contributed by atoms with Crippen molar-refractivity contribution in [2.24, 2.45) is 23.7 Å². The van der Waals surface area contributed by atoms with Crippen molar-refractivity contribution in [2.45, 2.75) is 43.9 Å². The van der Waals surface area contributed by atoms with E-state index in [9.17, 15) is 0 Å². The van der Waals surface area contributed by atoms with Crippen LogP contribution in [-0.2, 0) is 0 Å². The quantitative estimate of drug-likeness (QED) is 0.773. The van der Waals surface area contributed by atoms with E-state index >= 15 is 0 Å². The molecule has 3 aliphatic carbocycles. The van der Waals surface area contributed by atoms with Gasteiger partial charge in [-0.05, 0) is 49.4 Å². The summed E-state index contributed by atoms with van der Waals surface area (Å²) >= 11 is 6.13. The topological polar surface area (TPSA) is 38.9 Å². The van der Waals surface area contributed by atoms with Crippen LogP contribution in [-0.4, -0.2) is 10.1 Å². The molecule has 0 saturated heterocycles. The van der Waals surface area contributed by atoms with Crippen LogP contribution >= 0.6 is 11.6 Å². The second-order valence-corrected chi connectivity index (χ2v) is 6.41. The van der Waals surface area contributed by atoms with Gasteiger partial charge >= 0.3 is 0 Å². The van der Waals surface area contributed by atoms with Crippen LogP contribution < -0.4 is 0 Å². The van der Waals surface area contributed by atoms with Crippen LogP contribution in [0, 0.1) is 23.7 Å². The van der Waals surface area contributed by atoms with E-state index in [-0.39, 0.29) is 5.38 Å². The number of hydrogen-bond donors (Lipinski definition) is 0. The molecule has 3 nitrogen and oxygen atoms in total. The van der Waals surface area contributed by atoms with Gasteiger partial charge < -0.3 is 4.52 Å². The van der Waals surface area contributed by atoms with E-state index in [4.69, 9.17) is 16.1 Å². The van der Waals surface area contributed by atoms with Crippen molar-refractivity contribution >= 4 is 11.6 Å². The third-order valence-electron chi connectivity index (χ3n) is 5.12. The van der Waals surface area contributed by atoms with Crippen molar-refractivity contribution < 1.29 is 4.52 Å². The molecular formula is C13H17ClN2O. The first kappa shape index (κ1) is 10.4. The fraction of sp³-hybridized carbons (Fsp3) is 0.846. The standard InChI is InChI=1S/C13H17ClN2O/c1-2-8(14)12-15-13(17-16-12)11-9-6-3-4-7(5-6)10(9)11/h6-11H,2-5H2,1H3. The number of fused-ring (bicyclic) bond motifs is 5. The predicted octanol–water partition coefficient (Wildman–Crippen LogP) is 3.52.